The minimum atomic E-state index is -0.615. The molecule has 6 nitrogen and oxygen atoms in total. The third-order valence-electron chi connectivity index (χ3n) is 4.86. The van der Waals surface area contributed by atoms with Crippen LogP contribution < -0.4 is 10.2 Å². The lowest BCUT2D eigenvalue weighted by Crippen LogP contribution is -2.24. The molecule has 0 saturated carbocycles. The Morgan fingerprint density at radius 2 is 1.83 bits per heavy atom. The molecule has 0 spiro atoms. The first-order chi connectivity index (χ1) is 14.2. The van der Waals surface area contributed by atoms with Gasteiger partial charge in [-0.3, -0.25) is 19.2 Å². The normalized spacial score (nSPS) is 13.7. The summed E-state index contributed by atoms with van der Waals surface area (Å²) < 4.78 is 11.1. The molecule has 0 amide bonds. The van der Waals surface area contributed by atoms with Gasteiger partial charge in [-0.15, -0.1) is 0 Å². The quantitative estimate of drug-likeness (QED) is 0.212. The van der Waals surface area contributed by atoms with Crippen molar-refractivity contribution in [2.75, 3.05) is 0 Å². The van der Waals surface area contributed by atoms with E-state index in [1.807, 2.05) is 0 Å². The minimum absolute atomic E-state index is 0.00102. The molecule has 1 aliphatic carbocycles. The van der Waals surface area contributed by atoms with Crippen LogP contribution in [-0.2, 0) is 10.1 Å². The summed E-state index contributed by atoms with van der Waals surface area (Å²) in [6.07, 6.45) is 0. The molecule has 1 unspecified atom stereocenters. The molecular formula is C22H14Br2O6. The summed E-state index contributed by atoms with van der Waals surface area (Å²) in [5.41, 5.74) is 0.561. The van der Waals surface area contributed by atoms with Gasteiger partial charge in [0.25, 0.3) is 0 Å². The Labute approximate surface area is 187 Å². The van der Waals surface area contributed by atoms with Crippen molar-refractivity contribution < 1.29 is 23.5 Å². The van der Waals surface area contributed by atoms with Crippen molar-refractivity contribution in [2.24, 2.45) is 0 Å². The van der Waals surface area contributed by atoms with Crippen LogP contribution >= 0.6 is 31.9 Å². The van der Waals surface area contributed by atoms with Gasteiger partial charge in [0.05, 0.1) is 21.3 Å². The van der Waals surface area contributed by atoms with Crippen LogP contribution in [0.1, 0.15) is 61.8 Å². The largest absolute Gasteiger partial charge is 0.459 e. The molecule has 8 heteroatoms. The number of fused-ring (bicyclic) bond motifs is 4. The van der Waals surface area contributed by atoms with Crippen molar-refractivity contribution in [1.82, 2.24) is 0 Å². The van der Waals surface area contributed by atoms with Gasteiger partial charge in [0, 0.05) is 29.4 Å². The van der Waals surface area contributed by atoms with Gasteiger partial charge in [0.2, 0.25) is 5.78 Å². The second-order valence-electron chi connectivity index (χ2n) is 6.86. The van der Waals surface area contributed by atoms with Crippen molar-refractivity contribution in [1.29, 1.82) is 0 Å². The second-order valence-corrected chi connectivity index (χ2v) is 8.79. The van der Waals surface area contributed by atoms with Gasteiger partial charge in [0.15, 0.2) is 11.2 Å². The van der Waals surface area contributed by atoms with E-state index in [4.69, 9.17) is 9.15 Å². The van der Waals surface area contributed by atoms with E-state index in [9.17, 15) is 19.2 Å². The fourth-order valence-electron chi connectivity index (χ4n) is 3.60. The summed E-state index contributed by atoms with van der Waals surface area (Å²) >= 11 is 6.72. The van der Waals surface area contributed by atoms with Crippen molar-refractivity contribution >= 4 is 60.4 Å². The number of hydrogen-bond donors (Lipinski definition) is 0. The highest BCUT2D eigenvalue weighted by atomic mass is 79.9. The van der Waals surface area contributed by atoms with Crippen LogP contribution in [0.4, 0.5) is 0 Å². The summed E-state index contributed by atoms with van der Waals surface area (Å²) in [5, 5.41) is 0.532. The van der Waals surface area contributed by atoms with E-state index >= 15 is 0 Å². The Balaban J connectivity index is 2.13. The smallest absolute Gasteiger partial charge is 0.308 e. The minimum Gasteiger partial charge on any atom is -0.459 e. The molecule has 0 bridgehead atoms. The van der Waals surface area contributed by atoms with E-state index in [0.717, 1.165) is 0 Å². The van der Waals surface area contributed by atoms with Crippen LogP contribution in [0.15, 0.2) is 39.5 Å². The molecule has 0 fully saturated rings. The molecule has 0 saturated heterocycles. The molecule has 1 atom stereocenters. The second kappa shape index (κ2) is 7.59. The summed E-state index contributed by atoms with van der Waals surface area (Å²) in [4.78, 5) is 50.9. The molecule has 0 N–H and O–H groups in total. The summed E-state index contributed by atoms with van der Waals surface area (Å²) in [5.74, 6) is -1.23. The number of carbonyl (C=O) groups excluding carboxylic acids is 3. The summed E-state index contributed by atoms with van der Waals surface area (Å²) in [6, 6.07) is 7.42. The number of hydrogen-bond acceptors (Lipinski definition) is 6. The number of ether oxygens (including phenoxy) is 1. The molecule has 152 valence electrons. The lowest BCUT2D eigenvalue weighted by Gasteiger charge is -2.21. The molecule has 1 aliphatic rings. The van der Waals surface area contributed by atoms with Crippen molar-refractivity contribution in [3.05, 3.63) is 74.1 Å². The maximum atomic E-state index is 13.5. The average molecular weight is 534 g/mol. The Kier molecular flexibility index (Phi) is 5.23. The van der Waals surface area contributed by atoms with Gasteiger partial charge in [-0.1, -0.05) is 44.0 Å². The van der Waals surface area contributed by atoms with Crippen LogP contribution in [0.3, 0.4) is 0 Å². The zero-order valence-corrected chi connectivity index (χ0v) is 19.0. The first-order valence-electron chi connectivity index (χ1n) is 8.99. The van der Waals surface area contributed by atoms with Gasteiger partial charge in [-0.05, 0) is 24.6 Å². The Morgan fingerprint density at radius 1 is 1.10 bits per heavy atom. The van der Waals surface area contributed by atoms with Crippen molar-refractivity contribution in [2.45, 2.75) is 24.0 Å². The van der Waals surface area contributed by atoms with Gasteiger partial charge < -0.3 is 9.15 Å². The first kappa shape index (κ1) is 20.7. The molecular weight excluding hydrogens is 520 g/mol. The van der Waals surface area contributed by atoms with Crippen LogP contribution in [-0.4, -0.2) is 17.5 Å². The first-order valence-corrected chi connectivity index (χ1v) is 11.0. The predicted octanol–water partition coefficient (Wildman–Crippen LogP) is 4.84. The van der Waals surface area contributed by atoms with Crippen LogP contribution in [0.25, 0.3) is 11.0 Å². The van der Waals surface area contributed by atoms with E-state index < -0.39 is 17.5 Å². The molecule has 30 heavy (non-hydrogen) atoms. The predicted molar refractivity (Wildman–Crippen MR) is 117 cm³/mol. The van der Waals surface area contributed by atoms with Gasteiger partial charge in [0.1, 0.15) is 17.1 Å². The highest BCUT2D eigenvalue weighted by Crippen LogP contribution is 2.38. The average Bonchev–Trinajstić information content (AvgIpc) is 2.70. The van der Waals surface area contributed by atoms with Crippen LogP contribution in [0.2, 0.25) is 0 Å². The van der Waals surface area contributed by atoms with Crippen molar-refractivity contribution in [3.63, 3.8) is 0 Å². The fourth-order valence-corrected chi connectivity index (χ4v) is 4.27. The molecule has 1 heterocycles. The molecule has 2 aromatic carbocycles. The highest BCUT2D eigenvalue weighted by molar-refractivity contribution is 9.09. The zero-order valence-electron chi connectivity index (χ0n) is 15.9. The Morgan fingerprint density at radius 3 is 2.47 bits per heavy atom. The number of rotatable bonds is 3. The molecule has 0 aliphatic heterocycles. The number of ketones is 2. The van der Waals surface area contributed by atoms with Crippen molar-refractivity contribution in [3.8, 4) is 5.75 Å². The van der Waals surface area contributed by atoms with Gasteiger partial charge in [-0.2, -0.15) is 0 Å². The third-order valence-corrected chi connectivity index (χ3v) is 5.92. The lowest BCUT2D eigenvalue weighted by molar-refractivity contribution is -0.131. The molecule has 1 aromatic heterocycles. The molecule has 4 rings (SSSR count). The topological polar surface area (TPSA) is 90.7 Å². The maximum absolute atomic E-state index is 13.5. The summed E-state index contributed by atoms with van der Waals surface area (Å²) in [7, 11) is 0. The van der Waals surface area contributed by atoms with Gasteiger partial charge in [-0.25, -0.2) is 0 Å². The Hall–Kier alpha value is -2.58. The zero-order chi connectivity index (χ0) is 21.7. The lowest BCUT2D eigenvalue weighted by atomic mass is 9.81. The van der Waals surface area contributed by atoms with E-state index in [1.165, 1.54) is 25.1 Å². The Bertz CT molecular complexity index is 1320. The SMILES string of the molecule is CC(=O)Oc1cccc2c1C(=O)c1c(cc(CBr)c3c(=O)cc(C(C)Br)oc13)C2=O. The summed E-state index contributed by atoms with van der Waals surface area (Å²) in [6.45, 7) is 2.99. The number of halogens is 2. The number of carbonyl (C=O) groups is 3. The standard InChI is InChI=1S/C22H14Br2O6/c1-9(24)16-7-14(26)17-11(8-23)6-13-19(22(17)30-16)21(28)18-12(20(13)27)4-3-5-15(18)29-10(2)25/h3-7,9H,8H2,1-2H3. The number of esters is 1. The fraction of sp³-hybridized carbons (Fsp3) is 0.182. The van der Waals surface area contributed by atoms with Crippen LogP contribution in [0.5, 0.6) is 5.75 Å². The monoisotopic (exact) mass is 532 g/mol. The molecule has 0 radical (unpaired) electrons. The van der Waals surface area contributed by atoms with E-state index in [0.29, 0.717) is 16.7 Å². The van der Waals surface area contributed by atoms with E-state index in [1.54, 1.807) is 19.1 Å². The molecule has 3 aromatic rings. The highest BCUT2D eigenvalue weighted by Gasteiger charge is 2.36. The number of alkyl halides is 2. The maximum Gasteiger partial charge on any atom is 0.308 e. The number of benzene rings is 2. The van der Waals surface area contributed by atoms with E-state index in [-0.39, 0.29) is 49.2 Å². The van der Waals surface area contributed by atoms with Gasteiger partial charge >= 0.3 is 5.97 Å². The third kappa shape index (κ3) is 3.15. The van der Waals surface area contributed by atoms with Crippen LogP contribution in [0, 0.1) is 0 Å². The van der Waals surface area contributed by atoms with E-state index in [2.05, 4.69) is 31.9 Å².